The second kappa shape index (κ2) is 6.38. The van der Waals surface area contributed by atoms with E-state index in [-0.39, 0.29) is 0 Å². The zero-order chi connectivity index (χ0) is 12.8. The van der Waals surface area contributed by atoms with E-state index in [1.807, 2.05) is 42.6 Å². The van der Waals surface area contributed by atoms with Gasteiger partial charge >= 0.3 is 0 Å². The van der Waals surface area contributed by atoms with Crippen LogP contribution in [-0.4, -0.2) is 12.1 Å². The van der Waals surface area contributed by atoms with Gasteiger partial charge in [0.05, 0.1) is 7.11 Å². The first-order valence-corrected chi connectivity index (χ1v) is 6.10. The van der Waals surface area contributed by atoms with Crippen molar-refractivity contribution in [3.63, 3.8) is 0 Å². The molecule has 0 unspecified atom stereocenters. The van der Waals surface area contributed by atoms with E-state index in [2.05, 4.69) is 10.3 Å². The highest BCUT2D eigenvalue weighted by atomic mass is 35.5. The minimum atomic E-state index is 0.633. The van der Waals surface area contributed by atoms with E-state index < -0.39 is 0 Å². The van der Waals surface area contributed by atoms with Crippen LogP contribution in [0.2, 0.25) is 5.02 Å². The topological polar surface area (TPSA) is 34.1 Å². The average Bonchev–Trinajstić information content (AvgIpc) is 2.40. The summed E-state index contributed by atoms with van der Waals surface area (Å²) in [7, 11) is 1.61. The molecule has 0 aliphatic heterocycles. The fourth-order valence-electron chi connectivity index (χ4n) is 1.63. The van der Waals surface area contributed by atoms with Crippen LogP contribution in [0.25, 0.3) is 0 Å². The number of benzene rings is 1. The number of hydrogen-bond donors (Lipinski definition) is 1. The van der Waals surface area contributed by atoms with Crippen molar-refractivity contribution in [2.45, 2.75) is 13.1 Å². The summed E-state index contributed by atoms with van der Waals surface area (Å²) in [5, 5.41) is 4.11. The number of pyridine rings is 1. The summed E-state index contributed by atoms with van der Waals surface area (Å²) in [5.74, 6) is 0.633. The molecule has 0 aliphatic carbocycles. The third-order valence-corrected chi connectivity index (χ3v) is 2.79. The SMILES string of the molecule is COc1ccc(CNCc2cccc(Cl)c2)cn1. The van der Waals surface area contributed by atoms with Crippen molar-refractivity contribution in [3.8, 4) is 5.88 Å². The fourth-order valence-corrected chi connectivity index (χ4v) is 1.85. The minimum absolute atomic E-state index is 0.633. The summed E-state index contributed by atoms with van der Waals surface area (Å²) in [4.78, 5) is 4.15. The Morgan fingerprint density at radius 1 is 1.17 bits per heavy atom. The minimum Gasteiger partial charge on any atom is -0.481 e. The van der Waals surface area contributed by atoms with Crippen molar-refractivity contribution in [3.05, 3.63) is 58.7 Å². The van der Waals surface area contributed by atoms with Gasteiger partial charge < -0.3 is 10.1 Å². The van der Waals surface area contributed by atoms with Gasteiger partial charge in [-0.05, 0) is 23.3 Å². The molecule has 0 saturated heterocycles. The zero-order valence-electron chi connectivity index (χ0n) is 10.2. The van der Waals surface area contributed by atoms with Crippen LogP contribution in [0.15, 0.2) is 42.6 Å². The number of methoxy groups -OCH3 is 1. The van der Waals surface area contributed by atoms with Gasteiger partial charge in [-0.2, -0.15) is 0 Å². The number of rotatable bonds is 5. The second-order valence-electron chi connectivity index (χ2n) is 3.94. The van der Waals surface area contributed by atoms with Crippen LogP contribution < -0.4 is 10.1 Å². The average molecular weight is 263 g/mol. The lowest BCUT2D eigenvalue weighted by molar-refractivity contribution is 0.397. The second-order valence-corrected chi connectivity index (χ2v) is 4.38. The molecular formula is C14H15ClN2O. The summed E-state index contributed by atoms with van der Waals surface area (Å²) < 4.78 is 5.01. The smallest absolute Gasteiger partial charge is 0.212 e. The lowest BCUT2D eigenvalue weighted by atomic mass is 10.2. The normalized spacial score (nSPS) is 10.3. The van der Waals surface area contributed by atoms with Crippen LogP contribution in [0.4, 0.5) is 0 Å². The van der Waals surface area contributed by atoms with Gasteiger partial charge in [0.15, 0.2) is 0 Å². The van der Waals surface area contributed by atoms with Gasteiger partial charge in [0.1, 0.15) is 0 Å². The number of hydrogen-bond acceptors (Lipinski definition) is 3. The van der Waals surface area contributed by atoms with E-state index in [1.165, 1.54) is 5.56 Å². The maximum Gasteiger partial charge on any atom is 0.212 e. The van der Waals surface area contributed by atoms with Gasteiger partial charge in [0.25, 0.3) is 0 Å². The molecule has 1 aromatic carbocycles. The maximum absolute atomic E-state index is 5.92. The van der Waals surface area contributed by atoms with Crippen molar-refractivity contribution in [1.29, 1.82) is 0 Å². The Bertz CT molecular complexity index is 499. The van der Waals surface area contributed by atoms with Crippen molar-refractivity contribution < 1.29 is 4.74 Å². The van der Waals surface area contributed by atoms with Crippen LogP contribution in [-0.2, 0) is 13.1 Å². The lowest BCUT2D eigenvalue weighted by Gasteiger charge is -2.06. The molecule has 3 nitrogen and oxygen atoms in total. The molecule has 0 saturated carbocycles. The van der Waals surface area contributed by atoms with Crippen LogP contribution >= 0.6 is 11.6 Å². The Labute approximate surface area is 112 Å². The molecule has 0 spiro atoms. The van der Waals surface area contributed by atoms with Gasteiger partial charge in [-0.15, -0.1) is 0 Å². The predicted molar refractivity (Wildman–Crippen MR) is 72.8 cm³/mol. The van der Waals surface area contributed by atoms with Gasteiger partial charge in [0, 0.05) is 30.4 Å². The third-order valence-electron chi connectivity index (χ3n) is 2.55. The molecule has 18 heavy (non-hydrogen) atoms. The highest BCUT2D eigenvalue weighted by Gasteiger charge is 1.97. The molecule has 0 atom stereocenters. The van der Waals surface area contributed by atoms with Gasteiger partial charge in [-0.1, -0.05) is 29.8 Å². The monoisotopic (exact) mass is 262 g/mol. The number of ether oxygens (including phenoxy) is 1. The Hall–Kier alpha value is -1.58. The summed E-state index contributed by atoms with van der Waals surface area (Å²) in [5.41, 5.74) is 2.29. The molecule has 1 aromatic heterocycles. The largest absolute Gasteiger partial charge is 0.481 e. The highest BCUT2D eigenvalue weighted by molar-refractivity contribution is 6.30. The van der Waals surface area contributed by atoms with Crippen molar-refractivity contribution in [1.82, 2.24) is 10.3 Å². The van der Waals surface area contributed by atoms with Gasteiger partial charge in [-0.3, -0.25) is 0 Å². The molecule has 1 heterocycles. The van der Waals surface area contributed by atoms with Crippen LogP contribution in [0, 0.1) is 0 Å². The standard InChI is InChI=1S/C14H15ClN2O/c1-18-14-6-5-12(10-17-14)9-16-8-11-3-2-4-13(15)7-11/h2-7,10,16H,8-9H2,1H3. The fraction of sp³-hybridized carbons (Fsp3) is 0.214. The molecule has 0 aliphatic rings. The lowest BCUT2D eigenvalue weighted by Crippen LogP contribution is -2.12. The van der Waals surface area contributed by atoms with Crippen LogP contribution in [0.5, 0.6) is 5.88 Å². The molecule has 2 rings (SSSR count). The van der Waals surface area contributed by atoms with Crippen molar-refractivity contribution in [2.24, 2.45) is 0 Å². The van der Waals surface area contributed by atoms with E-state index in [9.17, 15) is 0 Å². The molecule has 2 aromatic rings. The van der Waals surface area contributed by atoms with Crippen molar-refractivity contribution >= 4 is 11.6 Å². The van der Waals surface area contributed by atoms with Gasteiger partial charge in [0.2, 0.25) is 5.88 Å². The number of aromatic nitrogens is 1. The number of nitrogens with zero attached hydrogens (tertiary/aromatic N) is 1. The first-order valence-electron chi connectivity index (χ1n) is 5.72. The van der Waals surface area contributed by atoms with E-state index in [4.69, 9.17) is 16.3 Å². The van der Waals surface area contributed by atoms with E-state index in [0.29, 0.717) is 5.88 Å². The van der Waals surface area contributed by atoms with Gasteiger partial charge in [-0.25, -0.2) is 4.98 Å². The maximum atomic E-state index is 5.92. The third kappa shape index (κ3) is 3.72. The molecule has 94 valence electrons. The van der Waals surface area contributed by atoms with Crippen LogP contribution in [0.3, 0.4) is 0 Å². The first kappa shape index (κ1) is 12.9. The summed E-state index contributed by atoms with van der Waals surface area (Å²) in [6, 6.07) is 11.7. The molecule has 0 bridgehead atoms. The van der Waals surface area contributed by atoms with Crippen LogP contribution in [0.1, 0.15) is 11.1 Å². The molecule has 0 amide bonds. The summed E-state index contributed by atoms with van der Waals surface area (Å²) >= 11 is 5.92. The van der Waals surface area contributed by atoms with E-state index in [1.54, 1.807) is 7.11 Å². The number of halogens is 1. The Morgan fingerprint density at radius 2 is 2.00 bits per heavy atom. The molecule has 0 radical (unpaired) electrons. The van der Waals surface area contributed by atoms with E-state index in [0.717, 1.165) is 23.7 Å². The summed E-state index contributed by atoms with van der Waals surface area (Å²) in [6.07, 6.45) is 1.81. The summed E-state index contributed by atoms with van der Waals surface area (Å²) in [6.45, 7) is 1.55. The highest BCUT2D eigenvalue weighted by Crippen LogP contribution is 2.11. The molecule has 4 heteroatoms. The Kier molecular flexibility index (Phi) is 4.56. The number of nitrogens with one attached hydrogen (secondary N) is 1. The Balaban J connectivity index is 1.84. The van der Waals surface area contributed by atoms with E-state index >= 15 is 0 Å². The molecule has 1 N–H and O–H groups in total. The molecular weight excluding hydrogens is 248 g/mol. The first-order chi connectivity index (χ1) is 8.78. The Morgan fingerprint density at radius 3 is 2.67 bits per heavy atom. The van der Waals surface area contributed by atoms with Crippen molar-refractivity contribution in [2.75, 3.05) is 7.11 Å². The zero-order valence-corrected chi connectivity index (χ0v) is 10.9. The molecule has 0 fully saturated rings. The predicted octanol–water partition coefficient (Wildman–Crippen LogP) is 3.03. The quantitative estimate of drug-likeness (QED) is 0.899.